The molecule has 0 aromatic rings. The van der Waals surface area contributed by atoms with E-state index in [2.05, 4.69) is 5.32 Å². The zero-order valence-electron chi connectivity index (χ0n) is 12.8. The minimum Gasteiger partial charge on any atom is -0.481 e. The molecule has 3 unspecified atom stereocenters. The minimum atomic E-state index is -0.773. The van der Waals surface area contributed by atoms with E-state index >= 15 is 0 Å². The zero-order chi connectivity index (χ0) is 15.0. The molecule has 0 spiro atoms. The van der Waals surface area contributed by atoms with Crippen molar-refractivity contribution in [2.75, 3.05) is 20.1 Å². The number of carboxylic acid groups (broad SMARTS) is 1. The van der Waals surface area contributed by atoms with E-state index in [-0.39, 0.29) is 12.6 Å². The van der Waals surface area contributed by atoms with E-state index < -0.39 is 11.4 Å². The molecule has 118 valence electrons. The zero-order valence-corrected chi connectivity index (χ0v) is 12.8. The van der Waals surface area contributed by atoms with Crippen LogP contribution in [0.4, 0.5) is 4.79 Å². The molecule has 0 aromatic carbocycles. The van der Waals surface area contributed by atoms with Gasteiger partial charge in [0.15, 0.2) is 0 Å². The van der Waals surface area contributed by atoms with Crippen LogP contribution in [0.25, 0.3) is 0 Å². The molecule has 2 amide bonds. The molecule has 0 saturated heterocycles. The summed E-state index contributed by atoms with van der Waals surface area (Å²) in [6.07, 6.45) is 7.62. The van der Waals surface area contributed by atoms with E-state index in [0.717, 1.165) is 24.8 Å². The number of fused-ring (bicyclic) bond motifs is 2. The molecular weight excluding hydrogens is 268 g/mol. The maximum Gasteiger partial charge on any atom is 0.317 e. The second-order valence-corrected chi connectivity index (χ2v) is 7.41. The van der Waals surface area contributed by atoms with Crippen LogP contribution in [0.1, 0.15) is 44.9 Å². The minimum absolute atomic E-state index is 0.120. The molecule has 3 saturated carbocycles. The lowest BCUT2D eigenvalue weighted by molar-refractivity contribution is -0.153. The molecule has 21 heavy (non-hydrogen) atoms. The molecule has 2 N–H and O–H groups in total. The van der Waals surface area contributed by atoms with E-state index in [4.69, 9.17) is 0 Å². The highest BCUT2D eigenvalue weighted by Gasteiger charge is 2.45. The molecule has 3 fully saturated rings. The third-order valence-electron chi connectivity index (χ3n) is 6.08. The van der Waals surface area contributed by atoms with Gasteiger partial charge in [-0.05, 0) is 49.9 Å². The molecule has 0 aromatic heterocycles. The van der Waals surface area contributed by atoms with Crippen LogP contribution in [0.3, 0.4) is 0 Å². The molecule has 2 bridgehead atoms. The predicted octanol–water partition coefficient (Wildman–Crippen LogP) is 2.32. The third kappa shape index (κ3) is 2.74. The topological polar surface area (TPSA) is 69.6 Å². The van der Waals surface area contributed by atoms with Crippen LogP contribution >= 0.6 is 0 Å². The van der Waals surface area contributed by atoms with E-state index in [1.807, 2.05) is 7.05 Å². The summed E-state index contributed by atoms with van der Waals surface area (Å²) in [4.78, 5) is 25.2. The number of hydrogen-bond donors (Lipinski definition) is 2. The fourth-order valence-corrected chi connectivity index (χ4v) is 4.48. The second kappa shape index (κ2) is 5.50. The van der Waals surface area contributed by atoms with Crippen molar-refractivity contribution in [1.82, 2.24) is 10.2 Å². The first-order chi connectivity index (χ1) is 10.00. The van der Waals surface area contributed by atoms with Gasteiger partial charge in [0.2, 0.25) is 0 Å². The van der Waals surface area contributed by atoms with Gasteiger partial charge in [-0.3, -0.25) is 4.79 Å². The Morgan fingerprint density at radius 2 is 2.05 bits per heavy atom. The maximum atomic E-state index is 12.2. The normalized spacial score (nSPS) is 32.5. The molecule has 3 aliphatic rings. The monoisotopic (exact) mass is 294 g/mol. The molecule has 0 heterocycles. The maximum absolute atomic E-state index is 12.2. The molecule has 5 nitrogen and oxygen atoms in total. The van der Waals surface area contributed by atoms with E-state index in [1.54, 1.807) is 4.90 Å². The van der Waals surface area contributed by atoms with Gasteiger partial charge >= 0.3 is 12.0 Å². The number of carbonyl (C=O) groups excluding carboxylic acids is 1. The van der Waals surface area contributed by atoms with Gasteiger partial charge in [-0.2, -0.15) is 0 Å². The second-order valence-electron chi connectivity index (χ2n) is 7.41. The average Bonchev–Trinajstić information content (AvgIpc) is 2.98. The summed E-state index contributed by atoms with van der Waals surface area (Å²) >= 11 is 0. The van der Waals surface area contributed by atoms with Crippen molar-refractivity contribution in [2.45, 2.75) is 44.9 Å². The van der Waals surface area contributed by atoms with Gasteiger partial charge in [0.25, 0.3) is 0 Å². The largest absolute Gasteiger partial charge is 0.481 e. The lowest BCUT2D eigenvalue weighted by Crippen LogP contribution is -2.50. The molecule has 3 aliphatic carbocycles. The first-order valence-corrected chi connectivity index (χ1v) is 8.22. The lowest BCUT2D eigenvalue weighted by atomic mass is 9.69. The molecule has 3 atom stereocenters. The Labute approximate surface area is 126 Å². The van der Waals surface area contributed by atoms with Crippen molar-refractivity contribution in [2.24, 2.45) is 23.2 Å². The lowest BCUT2D eigenvalue weighted by Gasteiger charge is -2.38. The van der Waals surface area contributed by atoms with E-state index in [0.29, 0.717) is 18.8 Å². The van der Waals surface area contributed by atoms with E-state index in [9.17, 15) is 14.7 Å². The van der Waals surface area contributed by atoms with Gasteiger partial charge < -0.3 is 15.3 Å². The summed E-state index contributed by atoms with van der Waals surface area (Å²) in [5, 5.41) is 12.1. The van der Waals surface area contributed by atoms with Gasteiger partial charge in [-0.15, -0.1) is 0 Å². The molecule has 0 aliphatic heterocycles. The van der Waals surface area contributed by atoms with E-state index in [1.165, 1.54) is 25.7 Å². The van der Waals surface area contributed by atoms with Crippen LogP contribution in [0.15, 0.2) is 0 Å². The number of hydrogen-bond acceptors (Lipinski definition) is 2. The predicted molar refractivity (Wildman–Crippen MR) is 78.9 cm³/mol. The number of aliphatic carboxylic acids is 1. The summed E-state index contributed by atoms with van der Waals surface area (Å²) in [5.74, 6) is 1.57. The van der Waals surface area contributed by atoms with Crippen LogP contribution in [0.2, 0.25) is 0 Å². The molecular formula is C16H26N2O3. The van der Waals surface area contributed by atoms with Crippen molar-refractivity contribution < 1.29 is 14.7 Å². The number of carbonyl (C=O) groups is 2. The Kier molecular flexibility index (Phi) is 3.84. The van der Waals surface area contributed by atoms with Gasteiger partial charge in [-0.1, -0.05) is 12.8 Å². The SMILES string of the molecule is CN(CC1CC2CCC1C2)C(=O)NCC1(C(=O)O)CCC1. The highest BCUT2D eigenvalue weighted by molar-refractivity contribution is 5.78. The Hall–Kier alpha value is -1.26. The molecule has 0 radical (unpaired) electrons. The van der Waals surface area contributed by atoms with Crippen LogP contribution in [0.5, 0.6) is 0 Å². The van der Waals surface area contributed by atoms with Crippen LogP contribution in [-0.4, -0.2) is 42.1 Å². The summed E-state index contributed by atoms with van der Waals surface area (Å²) < 4.78 is 0. The summed E-state index contributed by atoms with van der Waals surface area (Å²) in [6, 6.07) is -0.120. The van der Waals surface area contributed by atoms with Crippen LogP contribution in [0, 0.1) is 23.2 Å². The standard InChI is InChI=1S/C16H26N2O3/c1-18(9-13-8-11-3-4-12(13)7-11)15(21)17-10-16(14(19)20)5-2-6-16/h11-13H,2-10H2,1H3,(H,17,21)(H,19,20). The number of nitrogens with one attached hydrogen (secondary N) is 1. The summed E-state index contributed by atoms with van der Waals surface area (Å²) in [6.45, 7) is 1.08. The smallest absolute Gasteiger partial charge is 0.317 e. The Morgan fingerprint density at radius 1 is 1.29 bits per heavy atom. The quantitative estimate of drug-likeness (QED) is 0.817. The summed E-state index contributed by atoms with van der Waals surface area (Å²) in [7, 11) is 1.83. The Balaban J connectivity index is 1.45. The number of carboxylic acids is 1. The van der Waals surface area contributed by atoms with Gasteiger partial charge in [0.1, 0.15) is 0 Å². The number of amides is 2. The number of nitrogens with zero attached hydrogens (tertiary/aromatic N) is 1. The number of rotatable bonds is 5. The number of urea groups is 1. The van der Waals surface area contributed by atoms with Gasteiger partial charge in [0.05, 0.1) is 5.41 Å². The highest BCUT2D eigenvalue weighted by atomic mass is 16.4. The van der Waals surface area contributed by atoms with Crippen LogP contribution < -0.4 is 5.32 Å². The molecule has 3 rings (SSSR count). The van der Waals surface area contributed by atoms with Crippen molar-refractivity contribution in [3.63, 3.8) is 0 Å². The third-order valence-corrected chi connectivity index (χ3v) is 6.08. The van der Waals surface area contributed by atoms with Crippen molar-refractivity contribution in [1.29, 1.82) is 0 Å². The van der Waals surface area contributed by atoms with Crippen molar-refractivity contribution in [3.05, 3.63) is 0 Å². The van der Waals surface area contributed by atoms with Crippen molar-refractivity contribution >= 4 is 12.0 Å². The fourth-order valence-electron chi connectivity index (χ4n) is 4.48. The van der Waals surface area contributed by atoms with Crippen LogP contribution in [-0.2, 0) is 4.79 Å². The highest BCUT2D eigenvalue weighted by Crippen LogP contribution is 2.48. The molecule has 5 heteroatoms. The Morgan fingerprint density at radius 3 is 2.52 bits per heavy atom. The summed E-state index contributed by atoms with van der Waals surface area (Å²) in [5.41, 5.74) is -0.705. The van der Waals surface area contributed by atoms with Gasteiger partial charge in [0, 0.05) is 20.1 Å². The Bertz CT molecular complexity index is 433. The fraction of sp³-hybridized carbons (Fsp3) is 0.875. The van der Waals surface area contributed by atoms with Gasteiger partial charge in [-0.25, -0.2) is 4.79 Å². The first kappa shape index (κ1) is 14.7. The van der Waals surface area contributed by atoms with Crippen molar-refractivity contribution in [3.8, 4) is 0 Å². The first-order valence-electron chi connectivity index (χ1n) is 8.22. The average molecular weight is 294 g/mol.